The molecule has 86 valence electrons. The zero-order valence-electron chi connectivity index (χ0n) is 9.71. The second-order valence-electron chi connectivity index (χ2n) is 3.92. The van der Waals surface area contributed by atoms with Crippen molar-refractivity contribution >= 4 is 16.8 Å². The fraction of sp³-hybridized carbons (Fsp3) is 0.250. The number of aryl methyl sites for hydroxylation is 1. The molecule has 2 heterocycles. The van der Waals surface area contributed by atoms with Crippen LogP contribution in [0.25, 0.3) is 16.8 Å². The van der Waals surface area contributed by atoms with E-state index in [1.54, 1.807) is 8.97 Å². The van der Waals surface area contributed by atoms with Gasteiger partial charge in [0.2, 0.25) is 5.78 Å². The lowest BCUT2D eigenvalue weighted by molar-refractivity contribution is 0.642. The highest BCUT2D eigenvalue weighted by Gasteiger charge is 2.11. The number of hydrogen-bond acceptors (Lipinski definition) is 3. The third kappa shape index (κ3) is 1.28. The molecule has 17 heavy (non-hydrogen) atoms. The summed E-state index contributed by atoms with van der Waals surface area (Å²) in [6, 6.07) is 7.56. The molecule has 0 aliphatic carbocycles. The lowest BCUT2D eigenvalue weighted by Gasteiger charge is -2.05. The number of hydrogen-bond donors (Lipinski definition) is 0. The zero-order valence-corrected chi connectivity index (χ0v) is 9.71. The highest BCUT2D eigenvalue weighted by molar-refractivity contribution is 5.79. The van der Waals surface area contributed by atoms with Crippen LogP contribution in [0.5, 0.6) is 0 Å². The van der Waals surface area contributed by atoms with E-state index in [1.807, 2.05) is 38.1 Å². The molecular formula is C12H12N4O. The Balaban J connectivity index is 2.60. The number of benzene rings is 1. The summed E-state index contributed by atoms with van der Waals surface area (Å²) in [5.74, 6) is 1.17. The van der Waals surface area contributed by atoms with Gasteiger partial charge in [0.05, 0.1) is 11.0 Å². The van der Waals surface area contributed by atoms with Gasteiger partial charge >= 0.3 is 5.69 Å². The van der Waals surface area contributed by atoms with Gasteiger partial charge in [-0.3, -0.25) is 4.57 Å². The van der Waals surface area contributed by atoms with Gasteiger partial charge in [-0.05, 0) is 26.0 Å². The Morgan fingerprint density at radius 1 is 1.24 bits per heavy atom. The fourth-order valence-corrected chi connectivity index (χ4v) is 2.11. The Labute approximate surface area is 97.4 Å². The van der Waals surface area contributed by atoms with E-state index in [0.717, 1.165) is 11.0 Å². The molecule has 5 nitrogen and oxygen atoms in total. The number of nitrogens with zero attached hydrogens (tertiary/aromatic N) is 4. The SMILES string of the molecule is CCn1c(C)nc2nc3ccccc3n2c1=O. The largest absolute Gasteiger partial charge is 0.337 e. The minimum atomic E-state index is -0.0799. The molecule has 2 aromatic heterocycles. The monoisotopic (exact) mass is 228 g/mol. The predicted molar refractivity (Wildman–Crippen MR) is 65.2 cm³/mol. The molecule has 0 atom stereocenters. The van der Waals surface area contributed by atoms with Crippen LogP contribution >= 0.6 is 0 Å². The Kier molecular flexibility index (Phi) is 2.01. The fourth-order valence-electron chi connectivity index (χ4n) is 2.11. The van der Waals surface area contributed by atoms with Gasteiger partial charge in [-0.25, -0.2) is 14.2 Å². The van der Waals surface area contributed by atoms with Crippen molar-refractivity contribution in [2.75, 3.05) is 0 Å². The van der Waals surface area contributed by atoms with Crippen LogP contribution in [-0.4, -0.2) is 18.9 Å². The summed E-state index contributed by atoms with van der Waals surface area (Å²) >= 11 is 0. The lowest BCUT2D eigenvalue weighted by atomic mass is 10.3. The molecule has 0 saturated heterocycles. The predicted octanol–water partition coefficient (Wildman–Crippen LogP) is 1.37. The molecule has 0 radical (unpaired) electrons. The highest BCUT2D eigenvalue weighted by Crippen LogP contribution is 2.12. The average molecular weight is 228 g/mol. The Bertz CT molecular complexity index is 769. The molecule has 1 aromatic carbocycles. The van der Waals surface area contributed by atoms with Gasteiger partial charge < -0.3 is 0 Å². The van der Waals surface area contributed by atoms with Crippen molar-refractivity contribution in [1.29, 1.82) is 0 Å². The van der Waals surface area contributed by atoms with E-state index in [1.165, 1.54) is 0 Å². The number of imidazole rings is 1. The summed E-state index contributed by atoms with van der Waals surface area (Å²) in [5, 5.41) is 0. The van der Waals surface area contributed by atoms with Crippen LogP contribution < -0.4 is 5.69 Å². The lowest BCUT2D eigenvalue weighted by Crippen LogP contribution is -2.28. The van der Waals surface area contributed by atoms with Crippen molar-refractivity contribution in [3.8, 4) is 0 Å². The molecular weight excluding hydrogens is 216 g/mol. The molecule has 0 N–H and O–H groups in total. The van der Waals surface area contributed by atoms with Gasteiger partial charge in [0.1, 0.15) is 5.82 Å². The van der Waals surface area contributed by atoms with Gasteiger partial charge in [0.25, 0.3) is 0 Å². The normalized spacial score (nSPS) is 11.4. The van der Waals surface area contributed by atoms with Crippen LogP contribution in [-0.2, 0) is 6.54 Å². The van der Waals surface area contributed by atoms with Gasteiger partial charge in [-0.1, -0.05) is 12.1 Å². The number of para-hydroxylation sites is 2. The van der Waals surface area contributed by atoms with Crippen LogP contribution in [0.4, 0.5) is 0 Å². The Hall–Kier alpha value is -2.17. The van der Waals surface area contributed by atoms with Crippen molar-refractivity contribution in [1.82, 2.24) is 18.9 Å². The number of rotatable bonds is 1. The molecule has 0 fully saturated rings. The maximum atomic E-state index is 12.3. The van der Waals surface area contributed by atoms with Gasteiger partial charge in [-0.2, -0.15) is 4.98 Å². The van der Waals surface area contributed by atoms with E-state index in [0.29, 0.717) is 18.1 Å². The first-order chi connectivity index (χ1) is 8.22. The zero-order chi connectivity index (χ0) is 12.0. The van der Waals surface area contributed by atoms with Crippen LogP contribution in [0, 0.1) is 6.92 Å². The highest BCUT2D eigenvalue weighted by atomic mass is 16.1. The molecule has 3 aromatic rings. The summed E-state index contributed by atoms with van der Waals surface area (Å²) in [6.07, 6.45) is 0. The van der Waals surface area contributed by atoms with E-state index < -0.39 is 0 Å². The Morgan fingerprint density at radius 3 is 2.76 bits per heavy atom. The molecule has 0 bridgehead atoms. The topological polar surface area (TPSA) is 52.2 Å². The third-order valence-electron chi connectivity index (χ3n) is 2.93. The molecule has 3 rings (SSSR count). The van der Waals surface area contributed by atoms with E-state index in [4.69, 9.17) is 0 Å². The van der Waals surface area contributed by atoms with Crippen molar-refractivity contribution in [2.24, 2.45) is 0 Å². The van der Waals surface area contributed by atoms with E-state index in [-0.39, 0.29) is 5.69 Å². The minimum Gasteiger partial charge on any atom is -0.282 e. The van der Waals surface area contributed by atoms with Crippen molar-refractivity contribution in [3.05, 3.63) is 40.6 Å². The van der Waals surface area contributed by atoms with Crippen LogP contribution in [0.15, 0.2) is 29.1 Å². The average Bonchev–Trinajstić information content (AvgIpc) is 2.67. The van der Waals surface area contributed by atoms with Crippen molar-refractivity contribution < 1.29 is 0 Å². The maximum absolute atomic E-state index is 12.3. The van der Waals surface area contributed by atoms with Gasteiger partial charge in [0, 0.05) is 6.54 Å². The molecule has 5 heteroatoms. The van der Waals surface area contributed by atoms with Crippen LogP contribution in [0.1, 0.15) is 12.7 Å². The van der Waals surface area contributed by atoms with Crippen LogP contribution in [0.2, 0.25) is 0 Å². The summed E-state index contributed by atoms with van der Waals surface area (Å²) in [5.41, 5.74) is 1.52. The standard InChI is InChI=1S/C12H12N4O/c1-3-15-8(2)13-11-14-9-6-4-5-7-10(9)16(11)12(15)17/h4-7H,3H2,1-2H3. The van der Waals surface area contributed by atoms with E-state index >= 15 is 0 Å². The number of fused-ring (bicyclic) bond motifs is 3. The quantitative estimate of drug-likeness (QED) is 0.632. The van der Waals surface area contributed by atoms with Crippen LogP contribution in [0.3, 0.4) is 0 Å². The maximum Gasteiger partial charge on any atom is 0.337 e. The van der Waals surface area contributed by atoms with E-state index in [9.17, 15) is 4.79 Å². The van der Waals surface area contributed by atoms with Crippen molar-refractivity contribution in [2.45, 2.75) is 20.4 Å². The summed E-state index contributed by atoms with van der Waals surface area (Å²) < 4.78 is 3.20. The Morgan fingerprint density at radius 2 is 2.00 bits per heavy atom. The smallest absolute Gasteiger partial charge is 0.282 e. The molecule has 0 aliphatic rings. The second kappa shape index (κ2) is 3.41. The minimum absolute atomic E-state index is 0.0799. The number of aromatic nitrogens is 4. The summed E-state index contributed by atoms with van der Waals surface area (Å²) in [6.45, 7) is 4.37. The summed E-state index contributed by atoms with van der Waals surface area (Å²) in [4.78, 5) is 21.0. The first-order valence-electron chi connectivity index (χ1n) is 5.57. The molecule has 0 saturated carbocycles. The van der Waals surface area contributed by atoms with E-state index in [2.05, 4.69) is 9.97 Å². The first-order valence-corrected chi connectivity index (χ1v) is 5.57. The third-order valence-corrected chi connectivity index (χ3v) is 2.93. The second-order valence-corrected chi connectivity index (χ2v) is 3.92. The molecule has 0 aliphatic heterocycles. The first kappa shape index (κ1) is 10.0. The summed E-state index contributed by atoms with van der Waals surface area (Å²) in [7, 11) is 0. The van der Waals surface area contributed by atoms with Gasteiger partial charge in [-0.15, -0.1) is 0 Å². The molecule has 0 amide bonds. The molecule has 0 spiro atoms. The van der Waals surface area contributed by atoms with Crippen molar-refractivity contribution in [3.63, 3.8) is 0 Å². The molecule has 0 unspecified atom stereocenters. The van der Waals surface area contributed by atoms with Gasteiger partial charge in [0.15, 0.2) is 0 Å².